The highest BCUT2D eigenvalue weighted by atomic mass is 79.9. The molecular formula is C25H22BrN3O4. The van der Waals surface area contributed by atoms with Gasteiger partial charge in [0.25, 0.3) is 0 Å². The maximum Gasteiger partial charge on any atom is 0.344 e. The quantitative estimate of drug-likeness (QED) is 0.171. The molecule has 0 fully saturated rings. The summed E-state index contributed by atoms with van der Waals surface area (Å²) in [5.74, 6) is -2.02. The van der Waals surface area contributed by atoms with Crippen molar-refractivity contribution in [3.8, 4) is 5.75 Å². The minimum Gasteiger partial charge on any atom is -0.422 e. The lowest BCUT2D eigenvalue weighted by Crippen LogP contribution is -2.33. The van der Waals surface area contributed by atoms with Gasteiger partial charge in [0.15, 0.2) is 0 Å². The first-order valence-corrected chi connectivity index (χ1v) is 10.8. The highest BCUT2D eigenvalue weighted by molar-refractivity contribution is 9.10. The number of hydrazone groups is 1. The van der Waals surface area contributed by atoms with E-state index in [4.69, 9.17) is 4.74 Å². The van der Waals surface area contributed by atoms with Crippen molar-refractivity contribution in [2.45, 2.75) is 20.8 Å². The molecule has 0 aromatic heterocycles. The lowest BCUT2D eigenvalue weighted by atomic mass is 10.1. The molecule has 0 bridgehead atoms. The van der Waals surface area contributed by atoms with Gasteiger partial charge in [0.2, 0.25) is 0 Å². The lowest BCUT2D eigenvalue weighted by molar-refractivity contribution is -0.136. The fourth-order valence-corrected chi connectivity index (χ4v) is 3.51. The smallest absolute Gasteiger partial charge is 0.344 e. The lowest BCUT2D eigenvalue weighted by Gasteiger charge is -2.12. The van der Waals surface area contributed by atoms with Crippen molar-refractivity contribution in [1.29, 1.82) is 0 Å². The van der Waals surface area contributed by atoms with Crippen LogP contribution in [0.2, 0.25) is 0 Å². The summed E-state index contributed by atoms with van der Waals surface area (Å²) in [5, 5.41) is 6.62. The second-order valence-electron chi connectivity index (χ2n) is 7.22. The standard InChI is InChI=1S/C25H22BrN3O4/c1-15-9-8-10-16(2)22(15)27-23(30)24(31)29-28-17(3)18-11-5-7-14-21(18)33-25(32)19-12-4-6-13-20(19)26/h4-14H,1-3H3,(H,27,30)(H,29,31). The number of amides is 2. The highest BCUT2D eigenvalue weighted by Crippen LogP contribution is 2.23. The number of aryl methyl sites for hydroxylation is 2. The number of para-hydroxylation sites is 2. The van der Waals surface area contributed by atoms with Gasteiger partial charge in [-0.3, -0.25) is 9.59 Å². The summed E-state index contributed by atoms with van der Waals surface area (Å²) < 4.78 is 6.16. The molecule has 3 aromatic rings. The van der Waals surface area contributed by atoms with Crippen LogP contribution in [0.25, 0.3) is 0 Å². The summed E-state index contributed by atoms with van der Waals surface area (Å²) in [6.45, 7) is 5.32. The summed E-state index contributed by atoms with van der Waals surface area (Å²) in [4.78, 5) is 37.2. The number of ether oxygens (including phenoxy) is 1. The van der Waals surface area contributed by atoms with Crippen molar-refractivity contribution in [1.82, 2.24) is 5.43 Å². The van der Waals surface area contributed by atoms with Crippen LogP contribution in [0.1, 0.15) is 34.0 Å². The number of hydrogen-bond acceptors (Lipinski definition) is 5. The van der Waals surface area contributed by atoms with Crippen molar-refractivity contribution in [3.63, 3.8) is 0 Å². The second-order valence-corrected chi connectivity index (χ2v) is 8.08. The average molecular weight is 508 g/mol. The van der Waals surface area contributed by atoms with Crippen LogP contribution in [0.15, 0.2) is 76.3 Å². The monoisotopic (exact) mass is 507 g/mol. The summed E-state index contributed by atoms with van der Waals surface area (Å²) in [7, 11) is 0. The van der Waals surface area contributed by atoms with Crippen LogP contribution in [-0.2, 0) is 9.59 Å². The fraction of sp³-hybridized carbons (Fsp3) is 0.120. The zero-order valence-electron chi connectivity index (χ0n) is 18.3. The largest absolute Gasteiger partial charge is 0.422 e. The number of esters is 1. The van der Waals surface area contributed by atoms with Crippen LogP contribution < -0.4 is 15.5 Å². The van der Waals surface area contributed by atoms with Crippen LogP contribution in [0.3, 0.4) is 0 Å². The summed E-state index contributed by atoms with van der Waals surface area (Å²) in [6, 6.07) is 19.3. The SMILES string of the molecule is CC(=NNC(=O)C(=O)Nc1c(C)cccc1C)c1ccccc1OC(=O)c1ccccc1Br. The van der Waals surface area contributed by atoms with Crippen LogP contribution in [-0.4, -0.2) is 23.5 Å². The van der Waals surface area contributed by atoms with E-state index in [0.29, 0.717) is 27.0 Å². The average Bonchev–Trinajstić information content (AvgIpc) is 2.80. The topological polar surface area (TPSA) is 96.9 Å². The normalized spacial score (nSPS) is 11.0. The number of hydrogen-bond donors (Lipinski definition) is 2. The molecule has 8 heteroatoms. The van der Waals surface area contributed by atoms with Gasteiger partial charge in [-0.15, -0.1) is 0 Å². The van der Waals surface area contributed by atoms with E-state index in [9.17, 15) is 14.4 Å². The predicted molar refractivity (Wildman–Crippen MR) is 130 cm³/mol. The molecule has 33 heavy (non-hydrogen) atoms. The van der Waals surface area contributed by atoms with E-state index in [-0.39, 0.29) is 5.75 Å². The molecule has 3 rings (SSSR count). The van der Waals surface area contributed by atoms with Crippen molar-refractivity contribution >= 4 is 45.1 Å². The van der Waals surface area contributed by atoms with Gasteiger partial charge in [0, 0.05) is 15.7 Å². The Morgan fingerprint density at radius 3 is 2.09 bits per heavy atom. The van der Waals surface area contributed by atoms with Gasteiger partial charge in [-0.25, -0.2) is 10.2 Å². The molecular weight excluding hydrogens is 486 g/mol. The molecule has 0 aliphatic heterocycles. The maximum atomic E-state index is 12.6. The Balaban J connectivity index is 1.72. The van der Waals surface area contributed by atoms with Gasteiger partial charge in [-0.2, -0.15) is 5.10 Å². The summed E-state index contributed by atoms with van der Waals surface area (Å²) >= 11 is 3.33. The van der Waals surface area contributed by atoms with Gasteiger partial charge in [0.05, 0.1) is 11.3 Å². The predicted octanol–water partition coefficient (Wildman–Crippen LogP) is 4.76. The number of rotatable bonds is 5. The highest BCUT2D eigenvalue weighted by Gasteiger charge is 2.17. The molecule has 0 unspecified atom stereocenters. The number of nitrogens with one attached hydrogen (secondary N) is 2. The molecule has 0 saturated carbocycles. The molecule has 0 radical (unpaired) electrons. The second kappa shape index (κ2) is 10.7. The third-order valence-corrected chi connectivity index (χ3v) is 5.52. The number of anilines is 1. The van der Waals surface area contributed by atoms with Crippen molar-refractivity contribution in [3.05, 3.63) is 93.5 Å². The molecule has 168 valence electrons. The first-order chi connectivity index (χ1) is 15.8. The zero-order chi connectivity index (χ0) is 24.0. The van der Waals surface area contributed by atoms with E-state index in [0.717, 1.165) is 11.1 Å². The first-order valence-electron chi connectivity index (χ1n) is 10.1. The third-order valence-electron chi connectivity index (χ3n) is 4.82. The van der Waals surface area contributed by atoms with Gasteiger partial charge >= 0.3 is 17.8 Å². The Labute approximate surface area is 200 Å². The molecule has 7 nitrogen and oxygen atoms in total. The molecule has 0 heterocycles. The molecule has 0 spiro atoms. The number of halogens is 1. The van der Waals surface area contributed by atoms with Gasteiger partial charge in [-0.1, -0.05) is 42.5 Å². The minimum atomic E-state index is -0.917. The molecule has 0 aliphatic carbocycles. The Hall–Kier alpha value is -3.78. The van der Waals surface area contributed by atoms with E-state index in [2.05, 4.69) is 31.8 Å². The van der Waals surface area contributed by atoms with Crippen LogP contribution >= 0.6 is 15.9 Å². The van der Waals surface area contributed by atoms with E-state index in [1.807, 2.05) is 32.0 Å². The zero-order valence-corrected chi connectivity index (χ0v) is 19.9. The Kier molecular flexibility index (Phi) is 7.74. The molecule has 0 saturated heterocycles. The van der Waals surface area contributed by atoms with Crippen molar-refractivity contribution < 1.29 is 19.1 Å². The van der Waals surface area contributed by atoms with Crippen molar-refractivity contribution in [2.75, 3.05) is 5.32 Å². The van der Waals surface area contributed by atoms with E-state index >= 15 is 0 Å². The number of carbonyl (C=O) groups excluding carboxylic acids is 3. The van der Waals surface area contributed by atoms with E-state index < -0.39 is 17.8 Å². The third kappa shape index (κ3) is 5.93. The van der Waals surface area contributed by atoms with E-state index in [1.165, 1.54) is 0 Å². The van der Waals surface area contributed by atoms with Crippen LogP contribution in [0, 0.1) is 13.8 Å². The minimum absolute atomic E-state index is 0.272. The Bertz CT molecular complexity index is 1230. The number of carbonyl (C=O) groups is 3. The number of benzene rings is 3. The fourth-order valence-electron chi connectivity index (χ4n) is 3.06. The number of nitrogens with zero attached hydrogens (tertiary/aromatic N) is 1. The summed E-state index contributed by atoms with van der Waals surface area (Å²) in [6.07, 6.45) is 0. The van der Waals surface area contributed by atoms with Crippen molar-refractivity contribution in [2.24, 2.45) is 5.10 Å². The van der Waals surface area contributed by atoms with Crippen LogP contribution in [0.5, 0.6) is 5.75 Å². The summed E-state index contributed by atoms with van der Waals surface area (Å²) in [5.41, 5.74) is 5.75. The molecule has 0 aliphatic rings. The molecule has 3 aromatic carbocycles. The molecule has 2 N–H and O–H groups in total. The molecule has 0 atom stereocenters. The van der Waals surface area contributed by atoms with Crippen LogP contribution in [0.4, 0.5) is 5.69 Å². The maximum absolute atomic E-state index is 12.6. The Morgan fingerprint density at radius 1 is 0.818 bits per heavy atom. The molecule has 2 amide bonds. The van der Waals surface area contributed by atoms with Gasteiger partial charge in [-0.05, 0) is 72.1 Å². The van der Waals surface area contributed by atoms with E-state index in [1.54, 1.807) is 55.5 Å². The van der Waals surface area contributed by atoms with Gasteiger partial charge < -0.3 is 10.1 Å². The van der Waals surface area contributed by atoms with Gasteiger partial charge in [0.1, 0.15) is 5.75 Å². The first kappa shape index (κ1) is 23.9. The Morgan fingerprint density at radius 2 is 1.42 bits per heavy atom.